The molecule has 0 atom stereocenters. The van der Waals surface area contributed by atoms with Crippen LogP contribution in [0.5, 0.6) is 11.5 Å². The molecule has 0 unspecified atom stereocenters. The number of hydrogen-bond acceptors (Lipinski definition) is 2. The Morgan fingerprint density at radius 2 is 0.714 bits per heavy atom. The van der Waals surface area contributed by atoms with Gasteiger partial charge >= 0.3 is 0 Å². The molecule has 2 nitrogen and oxygen atoms in total. The largest absolute Gasteiger partial charge is 0.506 e. The third kappa shape index (κ3) is 6.52. The van der Waals surface area contributed by atoms with Crippen molar-refractivity contribution in [3.8, 4) is 11.5 Å². The second-order valence-electron chi connectivity index (χ2n) is 3.44. The summed E-state index contributed by atoms with van der Waals surface area (Å²) in [6, 6.07) is 5.38. The summed E-state index contributed by atoms with van der Waals surface area (Å²) in [5.41, 5.74) is 0. The number of rotatable bonds is 0. The number of aromatic hydroxyl groups is 2. The smallest absolute Gasteiger partial charge is 0.135 e. The molecule has 2 aromatic rings. The second kappa shape index (κ2) is 9.44. The summed E-state index contributed by atoms with van der Waals surface area (Å²) in [6.45, 7) is 0. The average Bonchev–Trinajstić information content (AvgIpc) is 2.35. The molecule has 0 heterocycles. The van der Waals surface area contributed by atoms with Crippen LogP contribution in [0.4, 0.5) is 0 Å². The molecule has 0 aliphatic heterocycles. The molecule has 0 saturated carbocycles. The Hall–Kier alpha value is 0.299. The molecule has 0 fully saturated rings. The first-order chi connectivity index (χ1) is 9.22. The summed E-state index contributed by atoms with van der Waals surface area (Å²) >= 11 is 33.2. The van der Waals surface area contributed by atoms with Crippen LogP contribution in [0.25, 0.3) is 0 Å². The maximum Gasteiger partial charge on any atom is 0.135 e. The van der Waals surface area contributed by atoms with Crippen LogP contribution in [0.3, 0.4) is 0 Å². The van der Waals surface area contributed by atoms with Crippen molar-refractivity contribution < 1.29 is 27.3 Å². The molecule has 1 radical (unpaired) electrons. The Morgan fingerprint density at radius 3 is 0.952 bits per heavy atom. The van der Waals surface area contributed by atoms with Crippen LogP contribution < -0.4 is 0 Å². The Balaban J connectivity index is 0.000000364. The fourth-order valence-electron chi connectivity index (χ4n) is 1.02. The van der Waals surface area contributed by atoms with Crippen molar-refractivity contribution in [1.29, 1.82) is 0 Å². The van der Waals surface area contributed by atoms with E-state index in [1.807, 2.05) is 0 Å². The monoisotopic (exact) mass is 455 g/mol. The van der Waals surface area contributed by atoms with Gasteiger partial charge in [0.05, 0.1) is 30.1 Å². The SMILES string of the molecule is Oc1cc(Cl)c(Cl)cc1Cl.Oc1cc(Cl)c(Cl)cc1Cl.[Cu]. The Labute approximate surface area is 161 Å². The molecule has 119 valence electrons. The standard InChI is InChI=1S/2C6H3Cl3O.Cu/c2*7-3-1-5(9)6(10)2-4(3)8;/h2*1-2,10H;. The molecule has 0 amide bonds. The van der Waals surface area contributed by atoms with Crippen LogP contribution in [-0.2, 0) is 17.1 Å². The van der Waals surface area contributed by atoms with Crippen molar-refractivity contribution in [3.05, 3.63) is 54.4 Å². The number of halogens is 6. The maximum absolute atomic E-state index is 8.95. The zero-order valence-corrected chi connectivity index (χ0v) is 15.3. The van der Waals surface area contributed by atoms with E-state index in [1.54, 1.807) is 0 Å². The third-order valence-corrected chi connectivity index (χ3v) is 4.03. The molecule has 2 rings (SSSR count). The molecule has 0 aliphatic carbocycles. The van der Waals surface area contributed by atoms with E-state index >= 15 is 0 Å². The van der Waals surface area contributed by atoms with Gasteiger partial charge in [-0.25, -0.2) is 0 Å². The molecule has 21 heavy (non-hydrogen) atoms. The zero-order chi connectivity index (χ0) is 15.4. The van der Waals surface area contributed by atoms with E-state index < -0.39 is 0 Å². The molecular weight excluding hydrogens is 452 g/mol. The van der Waals surface area contributed by atoms with Crippen LogP contribution in [0.15, 0.2) is 24.3 Å². The summed E-state index contributed by atoms with van der Waals surface area (Å²) < 4.78 is 0. The van der Waals surface area contributed by atoms with Gasteiger partial charge in [0.15, 0.2) is 0 Å². The molecule has 2 N–H and O–H groups in total. The van der Waals surface area contributed by atoms with Gasteiger partial charge < -0.3 is 10.2 Å². The minimum absolute atomic E-state index is 0. The van der Waals surface area contributed by atoms with Gasteiger partial charge in [0.2, 0.25) is 0 Å². The Morgan fingerprint density at radius 1 is 0.476 bits per heavy atom. The van der Waals surface area contributed by atoms with E-state index in [4.69, 9.17) is 79.8 Å². The number of benzene rings is 2. The molecular formula is C12H6Cl6CuO2. The summed E-state index contributed by atoms with van der Waals surface area (Å²) in [4.78, 5) is 0. The van der Waals surface area contributed by atoms with Gasteiger partial charge in [-0.2, -0.15) is 0 Å². The van der Waals surface area contributed by atoms with Gasteiger partial charge in [0.25, 0.3) is 0 Å². The van der Waals surface area contributed by atoms with Gasteiger partial charge in [0.1, 0.15) is 11.5 Å². The van der Waals surface area contributed by atoms with E-state index in [0.29, 0.717) is 20.1 Å². The molecule has 2 aromatic carbocycles. The van der Waals surface area contributed by atoms with Crippen molar-refractivity contribution in [2.24, 2.45) is 0 Å². The van der Waals surface area contributed by atoms with E-state index in [9.17, 15) is 0 Å². The molecule has 9 heteroatoms. The molecule has 0 bridgehead atoms. The minimum atomic E-state index is -0.0592. The van der Waals surface area contributed by atoms with Crippen LogP contribution >= 0.6 is 69.6 Å². The number of phenols is 2. The van der Waals surface area contributed by atoms with Gasteiger partial charge in [-0.1, -0.05) is 69.6 Å². The summed E-state index contributed by atoms with van der Waals surface area (Å²) in [7, 11) is 0. The van der Waals surface area contributed by atoms with Crippen molar-refractivity contribution in [1.82, 2.24) is 0 Å². The quantitative estimate of drug-likeness (QED) is 0.341. The van der Waals surface area contributed by atoms with E-state index in [2.05, 4.69) is 0 Å². The normalized spacial score (nSPS) is 9.43. The third-order valence-electron chi connectivity index (χ3n) is 1.98. The van der Waals surface area contributed by atoms with Crippen LogP contribution in [0, 0.1) is 0 Å². The van der Waals surface area contributed by atoms with Crippen molar-refractivity contribution in [3.63, 3.8) is 0 Å². The van der Waals surface area contributed by atoms with Crippen molar-refractivity contribution in [2.75, 3.05) is 0 Å². The predicted molar refractivity (Wildman–Crippen MR) is 86.3 cm³/mol. The number of hydrogen-bond donors (Lipinski definition) is 2. The van der Waals surface area contributed by atoms with Crippen LogP contribution in [-0.4, -0.2) is 10.2 Å². The minimum Gasteiger partial charge on any atom is -0.506 e. The maximum atomic E-state index is 8.95. The van der Waals surface area contributed by atoms with Crippen molar-refractivity contribution in [2.45, 2.75) is 0 Å². The summed E-state index contributed by atoms with van der Waals surface area (Å²) in [5, 5.41) is 19.6. The topological polar surface area (TPSA) is 40.5 Å². The number of phenolic OH excluding ortho intramolecular Hbond substituents is 2. The second-order valence-corrected chi connectivity index (χ2v) is 5.88. The fraction of sp³-hybridized carbons (Fsp3) is 0. The van der Waals surface area contributed by atoms with Gasteiger partial charge in [-0.15, -0.1) is 0 Å². The molecule has 0 spiro atoms. The summed E-state index contributed by atoms with van der Waals surface area (Å²) in [6.07, 6.45) is 0. The van der Waals surface area contributed by atoms with Crippen LogP contribution in [0.1, 0.15) is 0 Å². The van der Waals surface area contributed by atoms with E-state index in [1.165, 1.54) is 24.3 Å². The fourth-order valence-corrected chi connectivity index (χ4v) is 2.11. The van der Waals surface area contributed by atoms with Crippen LogP contribution in [0.2, 0.25) is 30.1 Å². The van der Waals surface area contributed by atoms with Gasteiger partial charge in [-0.3, -0.25) is 0 Å². The average molecular weight is 458 g/mol. The van der Waals surface area contributed by atoms with Crippen molar-refractivity contribution >= 4 is 69.6 Å². The van der Waals surface area contributed by atoms with Gasteiger partial charge in [0, 0.05) is 29.2 Å². The van der Waals surface area contributed by atoms with E-state index in [-0.39, 0.29) is 38.6 Å². The zero-order valence-electron chi connectivity index (χ0n) is 9.77. The first-order valence-electron chi connectivity index (χ1n) is 4.89. The Bertz CT molecular complexity index is 480. The van der Waals surface area contributed by atoms with Gasteiger partial charge in [-0.05, 0) is 12.1 Å². The Kier molecular flexibility index (Phi) is 9.58. The first kappa shape index (κ1) is 21.3. The summed E-state index contributed by atoms with van der Waals surface area (Å²) in [5.74, 6) is -0.118. The molecule has 0 aromatic heterocycles. The molecule has 0 saturated heterocycles. The predicted octanol–water partition coefficient (Wildman–Crippen LogP) is 6.70. The molecule has 0 aliphatic rings. The first-order valence-corrected chi connectivity index (χ1v) is 7.16. The van der Waals surface area contributed by atoms with E-state index in [0.717, 1.165) is 0 Å².